The van der Waals surface area contributed by atoms with Crippen LogP contribution in [0, 0.1) is 5.92 Å². The molecule has 0 fully saturated rings. The molecule has 2 aromatic carbocycles. The molecule has 2 aromatic rings. The van der Waals surface area contributed by atoms with Gasteiger partial charge >= 0.3 is 0 Å². The Morgan fingerprint density at radius 1 is 1.15 bits per heavy atom. The van der Waals surface area contributed by atoms with E-state index in [1.807, 2.05) is 48.5 Å². The first-order valence-corrected chi connectivity index (χ1v) is 6.67. The molecule has 0 bridgehead atoms. The summed E-state index contributed by atoms with van der Waals surface area (Å²) in [5.74, 6) is 1.58. The van der Waals surface area contributed by atoms with Gasteiger partial charge in [-0.15, -0.1) is 0 Å². The fraction of sp³-hybridized carbons (Fsp3) is 0.235. The number of Topliss-reactive ketones (excluding diaryl/α,β-unsaturated/α-hetero) is 1. The lowest BCUT2D eigenvalue weighted by atomic mass is 9.90. The fourth-order valence-electron chi connectivity index (χ4n) is 2.48. The largest absolute Gasteiger partial charge is 0.497 e. The topological polar surface area (TPSA) is 35.5 Å². The number of para-hydroxylation sites is 1. The summed E-state index contributed by atoms with van der Waals surface area (Å²) in [6.07, 6.45) is 0.692. The number of hydrogen-bond acceptors (Lipinski definition) is 3. The van der Waals surface area contributed by atoms with Crippen LogP contribution >= 0.6 is 0 Å². The molecule has 0 saturated carbocycles. The molecule has 1 aliphatic rings. The molecule has 0 spiro atoms. The van der Waals surface area contributed by atoms with Crippen LogP contribution < -0.4 is 9.47 Å². The van der Waals surface area contributed by atoms with Crippen molar-refractivity contribution in [3.8, 4) is 11.5 Å². The van der Waals surface area contributed by atoms with E-state index in [-0.39, 0.29) is 11.7 Å². The lowest BCUT2D eigenvalue weighted by molar-refractivity contribution is 0.0830. The molecule has 1 atom stereocenters. The van der Waals surface area contributed by atoms with Crippen molar-refractivity contribution in [1.82, 2.24) is 0 Å². The van der Waals surface area contributed by atoms with Crippen molar-refractivity contribution < 1.29 is 14.3 Å². The molecule has 0 aromatic heterocycles. The molecule has 1 unspecified atom stereocenters. The Kier molecular flexibility index (Phi) is 3.42. The predicted octanol–water partition coefficient (Wildman–Crippen LogP) is 3.13. The molecular weight excluding hydrogens is 252 g/mol. The summed E-state index contributed by atoms with van der Waals surface area (Å²) in [7, 11) is 1.64. The Morgan fingerprint density at radius 3 is 2.65 bits per heavy atom. The quantitative estimate of drug-likeness (QED) is 0.858. The van der Waals surface area contributed by atoms with Gasteiger partial charge in [-0.05, 0) is 36.2 Å². The van der Waals surface area contributed by atoms with Gasteiger partial charge in [0.05, 0.1) is 25.2 Å². The van der Waals surface area contributed by atoms with Gasteiger partial charge in [-0.25, -0.2) is 0 Å². The minimum Gasteiger partial charge on any atom is -0.497 e. The van der Waals surface area contributed by atoms with E-state index in [2.05, 4.69) is 0 Å². The SMILES string of the molecule is COc1ccc(CC2COc3ccccc3C2=O)cc1. The Labute approximate surface area is 118 Å². The maximum Gasteiger partial charge on any atom is 0.173 e. The molecule has 20 heavy (non-hydrogen) atoms. The highest BCUT2D eigenvalue weighted by Gasteiger charge is 2.28. The van der Waals surface area contributed by atoms with Gasteiger partial charge in [-0.1, -0.05) is 24.3 Å². The second-order valence-corrected chi connectivity index (χ2v) is 4.92. The minimum absolute atomic E-state index is 0.113. The number of hydrogen-bond donors (Lipinski definition) is 0. The monoisotopic (exact) mass is 268 g/mol. The first-order chi connectivity index (χ1) is 9.78. The molecule has 3 nitrogen and oxygen atoms in total. The van der Waals surface area contributed by atoms with Gasteiger partial charge in [0.15, 0.2) is 5.78 Å². The molecule has 1 heterocycles. The van der Waals surface area contributed by atoms with Crippen LogP contribution in [0.15, 0.2) is 48.5 Å². The molecule has 1 aliphatic heterocycles. The average molecular weight is 268 g/mol. The molecule has 0 saturated heterocycles. The highest BCUT2D eigenvalue weighted by atomic mass is 16.5. The first-order valence-electron chi connectivity index (χ1n) is 6.67. The van der Waals surface area contributed by atoms with Gasteiger partial charge in [-0.2, -0.15) is 0 Å². The van der Waals surface area contributed by atoms with Crippen molar-refractivity contribution >= 4 is 5.78 Å². The zero-order valence-corrected chi connectivity index (χ0v) is 11.3. The first kappa shape index (κ1) is 12.7. The maximum absolute atomic E-state index is 12.4. The van der Waals surface area contributed by atoms with E-state index in [0.29, 0.717) is 24.3 Å². The maximum atomic E-state index is 12.4. The van der Waals surface area contributed by atoms with Gasteiger partial charge in [0, 0.05) is 0 Å². The highest BCUT2D eigenvalue weighted by molar-refractivity contribution is 6.01. The van der Waals surface area contributed by atoms with Crippen LogP contribution in [-0.2, 0) is 6.42 Å². The van der Waals surface area contributed by atoms with E-state index in [9.17, 15) is 4.79 Å². The van der Waals surface area contributed by atoms with Crippen molar-refractivity contribution in [3.05, 3.63) is 59.7 Å². The third-order valence-electron chi connectivity index (χ3n) is 3.60. The molecular formula is C17H16O3. The van der Waals surface area contributed by atoms with E-state index in [1.54, 1.807) is 7.11 Å². The van der Waals surface area contributed by atoms with Gasteiger partial charge in [0.25, 0.3) is 0 Å². The normalized spacial score (nSPS) is 17.2. The van der Waals surface area contributed by atoms with Crippen molar-refractivity contribution in [2.45, 2.75) is 6.42 Å². The number of rotatable bonds is 3. The summed E-state index contributed by atoms with van der Waals surface area (Å²) in [5.41, 5.74) is 1.81. The van der Waals surface area contributed by atoms with Crippen LogP contribution in [0.5, 0.6) is 11.5 Å². The number of ketones is 1. The summed E-state index contributed by atoms with van der Waals surface area (Å²) in [5, 5.41) is 0. The van der Waals surface area contributed by atoms with Gasteiger partial charge < -0.3 is 9.47 Å². The number of carbonyl (C=O) groups is 1. The van der Waals surface area contributed by atoms with E-state index in [1.165, 1.54) is 0 Å². The van der Waals surface area contributed by atoms with E-state index >= 15 is 0 Å². The number of carbonyl (C=O) groups excluding carboxylic acids is 1. The number of fused-ring (bicyclic) bond motifs is 1. The average Bonchev–Trinajstić information content (AvgIpc) is 2.51. The van der Waals surface area contributed by atoms with Crippen molar-refractivity contribution in [2.75, 3.05) is 13.7 Å². The molecule has 0 amide bonds. The van der Waals surface area contributed by atoms with Gasteiger partial charge in [0.2, 0.25) is 0 Å². The van der Waals surface area contributed by atoms with Crippen molar-refractivity contribution in [2.24, 2.45) is 5.92 Å². The summed E-state index contributed by atoms with van der Waals surface area (Å²) < 4.78 is 10.8. The molecule has 0 aliphatic carbocycles. The van der Waals surface area contributed by atoms with Crippen molar-refractivity contribution in [3.63, 3.8) is 0 Å². The summed E-state index contributed by atoms with van der Waals surface area (Å²) in [6.45, 7) is 0.446. The summed E-state index contributed by atoms with van der Waals surface area (Å²) in [4.78, 5) is 12.4. The van der Waals surface area contributed by atoms with E-state index in [4.69, 9.17) is 9.47 Å². The zero-order valence-electron chi connectivity index (χ0n) is 11.3. The van der Waals surface area contributed by atoms with Crippen molar-refractivity contribution in [1.29, 1.82) is 0 Å². The van der Waals surface area contributed by atoms with Crippen LogP contribution in [0.3, 0.4) is 0 Å². The molecule has 102 valence electrons. The summed E-state index contributed by atoms with van der Waals surface area (Å²) in [6, 6.07) is 15.2. The standard InChI is InChI=1S/C17H16O3/c1-19-14-8-6-12(7-9-14)10-13-11-20-16-5-3-2-4-15(16)17(13)18/h2-9,13H,10-11H2,1H3. The number of ether oxygens (including phenoxy) is 2. The van der Waals surface area contributed by atoms with Gasteiger partial charge in [-0.3, -0.25) is 4.79 Å². The van der Waals surface area contributed by atoms with Crippen LogP contribution in [0.2, 0.25) is 0 Å². The second kappa shape index (κ2) is 5.37. The lowest BCUT2D eigenvalue weighted by Crippen LogP contribution is -2.29. The molecule has 0 N–H and O–H groups in total. The predicted molar refractivity (Wildman–Crippen MR) is 76.5 cm³/mol. The zero-order chi connectivity index (χ0) is 13.9. The fourth-order valence-corrected chi connectivity index (χ4v) is 2.48. The van der Waals surface area contributed by atoms with E-state index < -0.39 is 0 Å². The molecule has 3 heteroatoms. The highest BCUT2D eigenvalue weighted by Crippen LogP contribution is 2.28. The Hall–Kier alpha value is -2.29. The van der Waals surface area contributed by atoms with Crippen LogP contribution in [0.1, 0.15) is 15.9 Å². The minimum atomic E-state index is -0.113. The van der Waals surface area contributed by atoms with Gasteiger partial charge in [0.1, 0.15) is 11.5 Å². The number of methoxy groups -OCH3 is 1. The number of benzene rings is 2. The Balaban J connectivity index is 1.77. The smallest absolute Gasteiger partial charge is 0.173 e. The second-order valence-electron chi connectivity index (χ2n) is 4.92. The molecule has 0 radical (unpaired) electrons. The van der Waals surface area contributed by atoms with Crippen LogP contribution in [-0.4, -0.2) is 19.5 Å². The lowest BCUT2D eigenvalue weighted by Gasteiger charge is -2.24. The Bertz CT molecular complexity index is 616. The van der Waals surface area contributed by atoms with E-state index in [0.717, 1.165) is 11.3 Å². The Morgan fingerprint density at radius 2 is 1.90 bits per heavy atom. The third-order valence-corrected chi connectivity index (χ3v) is 3.60. The van der Waals surface area contributed by atoms with Crippen LogP contribution in [0.4, 0.5) is 0 Å². The van der Waals surface area contributed by atoms with Crippen LogP contribution in [0.25, 0.3) is 0 Å². The third kappa shape index (κ3) is 2.39. The summed E-state index contributed by atoms with van der Waals surface area (Å²) >= 11 is 0. The molecule has 3 rings (SSSR count).